The zero-order chi connectivity index (χ0) is 13.1. The highest BCUT2D eigenvalue weighted by Gasteiger charge is 2.06. The number of carbonyl (C=O) groups is 1. The molecule has 2 aromatic rings. The second-order valence-corrected chi connectivity index (χ2v) is 4.19. The maximum Gasteiger partial charge on any atom is 0.255 e. The molecule has 0 saturated heterocycles. The van der Waals surface area contributed by atoms with Crippen molar-refractivity contribution in [1.82, 2.24) is 4.98 Å². The van der Waals surface area contributed by atoms with Crippen LogP contribution in [0, 0.1) is 13.8 Å². The highest BCUT2D eigenvalue weighted by Crippen LogP contribution is 2.11. The monoisotopic (exact) mass is 242 g/mol. The van der Waals surface area contributed by atoms with E-state index in [1.54, 1.807) is 12.1 Å². The summed E-state index contributed by atoms with van der Waals surface area (Å²) in [6.45, 7) is 3.96. The summed E-state index contributed by atoms with van der Waals surface area (Å²) in [5.74, 6) is -0.190. The maximum atomic E-state index is 12.0. The molecule has 0 bridgehead atoms. The molecular formula is C14H14N2O2. The van der Waals surface area contributed by atoms with Crippen molar-refractivity contribution in [2.75, 3.05) is 5.32 Å². The van der Waals surface area contributed by atoms with Crippen molar-refractivity contribution in [3.05, 3.63) is 63.6 Å². The normalized spacial score (nSPS) is 10.1. The summed E-state index contributed by atoms with van der Waals surface area (Å²) in [6.07, 6.45) is 1.47. The van der Waals surface area contributed by atoms with Gasteiger partial charge in [0.2, 0.25) is 5.56 Å². The van der Waals surface area contributed by atoms with E-state index < -0.39 is 0 Å². The van der Waals surface area contributed by atoms with Crippen LogP contribution in [0.4, 0.5) is 5.69 Å². The predicted octanol–water partition coefficient (Wildman–Crippen LogP) is 2.24. The quantitative estimate of drug-likeness (QED) is 0.848. The minimum Gasteiger partial charge on any atom is -0.327 e. The molecule has 0 aliphatic heterocycles. The molecule has 0 aliphatic carbocycles. The number of aromatic nitrogens is 1. The first-order valence-electron chi connectivity index (χ1n) is 5.63. The van der Waals surface area contributed by atoms with Gasteiger partial charge in [0.15, 0.2) is 0 Å². The van der Waals surface area contributed by atoms with Crippen molar-refractivity contribution in [2.45, 2.75) is 13.8 Å². The maximum absolute atomic E-state index is 12.0. The lowest BCUT2D eigenvalue weighted by Gasteiger charge is -2.06. The Morgan fingerprint density at radius 2 is 1.89 bits per heavy atom. The number of anilines is 1. The molecule has 18 heavy (non-hydrogen) atoms. The van der Waals surface area contributed by atoms with Crippen LogP contribution in [0.5, 0.6) is 0 Å². The molecule has 92 valence electrons. The van der Waals surface area contributed by atoms with Gasteiger partial charge in [-0.2, -0.15) is 0 Å². The number of amides is 1. The van der Waals surface area contributed by atoms with E-state index in [1.807, 2.05) is 26.0 Å². The standard InChI is InChI=1S/C14H14N2O2/c1-9-3-4-11(7-10(9)2)14(18)16-12-5-6-13(17)15-8-12/h3-8H,1-2H3,(H,15,17)(H,16,18). The SMILES string of the molecule is Cc1ccc(C(=O)Nc2ccc(=O)[nH]c2)cc1C. The fraction of sp³-hybridized carbons (Fsp3) is 0.143. The molecule has 1 heterocycles. The Bertz CT molecular complexity index is 624. The van der Waals surface area contributed by atoms with E-state index in [4.69, 9.17) is 0 Å². The van der Waals surface area contributed by atoms with Gasteiger partial charge >= 0.3 is 0 Å². The molecule has 0 saturated carbocycles. The number of carbonyl (C=O) groups excluding carboxylic acids is 1. The van der Waals surface area contributed by atoms with Gasteiger partial charge in [0.25, 0.3) is 5.91 Å². The average molecular weight is 242 g/mol. The molecular weight excluding hydrogens is 228 g/mol. The number of nitrogens with one attached hydrogen (secondary N) is 2. The number of aromatic amines is 1. The van der Waals surface area contributed by atoms with Crippen molar-refractivity contribution in [3.63, 3.8) is 0 Å². The van der Waals surface area contributed by atoms with Gasteiger partial charge in [-0.1, -0.05) is 6.07 Å². The van der Waals surface area contributed by atoms with Crippen LogP contribution in [0.25, 0.3) is 0 Å². The van der Waals surface area contributed by atoms with Gasteiger partial charge < -0.3 is 10.3 Å². The molecule has 1 amide bonds. The zero-order valence-corrected chi connectivity index (χ0v) is 10.3. The van der Waals surface area contributed by atoms with Gasteiger partial charge in [-0.25, -0.2) is 0 Å². The predicted molar refractivity (Wildman–Crippen MR) is 70.9 cm³/mol. The molecule has 1 aromatic heterocycles. The Kier molecular flexibility index (Phi) is 3.28. The molecule has 2 N–H and O–H groups in total. The number of hydrogen-bond acceptors (Lipinski definition) is 2. The number of benzene rings is 1. The van der Waals surface area contributed by atoms with Crippen LogP contribution in [0.1, 0.15) is 21.5 Å². The van der Waals surface area contributed by atoms with Crippen LogP contribution in [0.2, 0.25) is 0 Å². The van der Waals surface area contributed by atoms with Crippen molar-refractivity contribution in [3.8, 4) is 0 Å². The summed E-state index contributed by atoms with van der Waals surface area (Å²) in [7, 11) is 0. The number of pyridine rings is 1. The third-order valence-electron chi connectivity index (χ3n) is 2.81. The Morgan fingerprint density at radius 1 is 1.11 bits per heavy atom. The van der Waals surface area contributed by atoms with E-state index in [0.29, 0.717) is 11.3 Å². The van der Waals surface area contributed by atoms with Crippen LogP contribution in [-0.4, -0.2) is 10.9 Å². The van der Waals surface area contributed by atoms with Crippen LogP contribution < -0.4 is 10.9 Å². The number of H-pyrrole nitrogens is 1. The average Bonchev–Trinajstić information content (AvgIpc) is 2.35. The second kappa shape index (κ2) is 4.87. The van der Waals surface area contributed by atoms with Crippen LogP contribution in [-0.2, 0) is 0 Å². The van der Waals surface area contributed by atoms with Crippen LogP contribution in [0.3, 0.4) is 0 Å². The fourth-order valence-corrected chi connectivity index (χ4v) is 1.57. The van der Waals surface area contributed by atoms with E-state index in [1.165, 1.54) is 12.3 Å². The summed E-state index contributed by atoms with van der Waals surface area (Å²) in [6, 6.07) is 8.48. The van der Waals surface area contributed by atoms with Gasteiger partial charge in [-0.3, -0.25) is 9.59 Å². The molecule has 0 unspecified atom stereocenters. The highest BCUT2D eigenvalue weighted by atomic mass is 16.1. The Morgan fingerprint density at radius 3 is 2.50 bits per heavy atom. The molecule has 0 fully saturated rings. The van der Waals surface area contributed by atoms with Crippen molar-refractivity contribution in [1.29, 1.82) is 0 Å². The van der Waals surface area contributed by atoms with E-state index in [9.17, 15) is 9.59 Å². The summed E-state index contributed by atoms with van der Waals surface area (Å²) < 4.78 is 0. The first-order valence-corrected chi connectivity index (χ1v) is 5.63. The summed E-state index contributed by atoms with van der Waals surface area (Å²) in [4.78, 5) is 25.4. The molecule has 0 aliphatic rings. The van der Waals surface area contributed by atoms with Crippen molar-refractivity contribution < 1.29 is 4.79 Å². The first-order chi connectivity index (χ1) is 8.56. The lowest BCUT2D eigenvalue weighted by atomic mass is 10.1. The largest absolute Gasteiger partial charge is 0.327 e. The van der Waals surface area contributed by atoms with Crippen LogP contribution in [0.15, 0.2) is 41.3 Å². The molecule has 4 heteroatoms. The van der Waals surface area contributed by atoms with Gasteiger partial charge in [-0.15, -0.1) is 0 Å². The van der Waals surface area contributed by atoms with Gasteiger partial charge in [-0.05, 0) is 43.2 Å². The molecule has 2 rings (SSSR count). The Balaban J connectivity index is 2.19. The van der Waals surface area contributed by atoms with E-state index in [2.05, 4.69) is 10.3 Å². The first kappa shape index (κ1) is 12.1. The molecule has 1 aromatic carbocycles. The Labute approximate surface area is 105 Å². The lowest BCUT2D eigenvalue weighted by molar-refractivity contribution is 0.102. The van der Waals surface area contributed by atoms with E-state index >= 15 is 0 Å². The number of aryl methyl sites for hydroxylation is 2. The van der Waals surface area contributed by atoms with E-state index in [0.717, 1.165) is 11.1 Å². The van der Waals surface area contributed by atoms with Crippen LogP contribution >= 0.6 is 0 Å². The smallest absolute Gasteiger partial charge is 0.255 e. The Hall–Kier alpha value is -2.36. The minimum absolute atomic E-state index is 0.190. The topological polar surface area (TPSA) is 62.0 Å². The highest BCUT2D eigenvalue weighted by molar-refractivity contribution is 6.04. The van der Waals surface area contributed by atoms with Gasteiger partial charge in [0.05, 0.1) is 5.69 Å². The minimum atomic E-state index is -0.195. The molecule has 0 radical (unpaired) electrons. The third-order valence-corrected chi connectivity index (χ3v) is 2.81. The third kappa shape index (κ3) is 2.66. The zero-order valence-electron chi connectivity index (χ0n) is 10.3. The number of hydrogen-bond donors (Lipinski definition) is 2. The summed E-state index contributed by atoms with van der Waals surface area (Å²) >= 11 is 0. The summed E-state index contributed by atoms with van der Waals surface area (Å²) in [5, 5.41) is 2.72. The van der Waals surface area contributed by atoms with Crippen molar-refractivity contribution >= 4 is 11.6 Å². The number of rotatable bonds is 2. The van der Waals surface area contributed by atoms with E-state index in [-0.39, 0.29) is 11.5 Å². The summed E-state index contributed by atoms with van der Waals surface area (Å²) in [5.41, 5.74) is 3.20. The van der Waals surface area contributed by atoms with Gasteiger partial charge in [0.1, 0.15) is 0 Å². The lowest BCUT2D eigenvalue weighted by Crippen LogP contribution is -2.13. The molecule has 4 nitrogen and oxygen atoms in total. The second-order valence-electron chi connectivity index (χ2n) is 4.19. The molecule has 0 atom stereocenters. The van der Waals surface area contributed by atoms with Crippen molar-refractivity contribution in [2.24, 2.45) is 0 Å². The fourth-order valence-electron chi connectivity index (χ4n) is 1.57. The van der Waals surface area contributed by atoms with Gasteiger partial charge in [0, 0.05) is 17.8 Å². The molecule has 0 spiro atoms.